The van der Waals surface area contributed by atoms with E-state index >= 15 is 0 Å². The molecule has 0 aliphatic rings. The molecule has 0 fully saturated rings. The Balaban J connectivity index is 2.12. The summed E-state index contributed by atoms with van der Waals surface area (Å²) in [6, 6.07) is 8.96. The number of carbonyl (C=O) groups excluding carboxylic acids is 1. The minimum Gasteiger partial charge on any atom is -0.490 e. The Bertz CT molecular complexity index is 849. The fraction of sp³-hybridized carbons (Fsp3) is 0.381. The predicted molar refractivity (Wildman–Crippen MR) is 122 cm³/mol. The van der Waals surface area contributed by atoms with Crippen LogP contribution in [-0.2, 0) is 11.3 Å². The van der Waals surface area contributed by atoms with Crippen molar-refractivity contribution in [1.29, 1.82) is 0 Å². The lowest BCUT2D eigenvalue weighted by Gasteiger charge is -2.21. The average molecular weight is 504 g/mol. The Kier molecular flexibility index (Phi) is 8.49. The van der Waals surface area contributed by atoms with Crippen molar-refractivity contribution in [1.82, 2.24) is 5.32 Å². The van der Waals surface area contributed by atoms with Gasteiger partial charge in [0.05, 0.1) is 6.61 Å². The molecule has 0 bridgehead atoms. The Hall–Kier alpha value is -1.63. The summed E-state index contributed by atoms with van der Waals surface area (Å²) in [5, 5.41) is 7.28. The van der Waals surface area contributed by atoms with Crippen molar-refractivity contribution in [3.63, 3.8) is 0 Å². The molecule has 0 unspecified atom stereocenters. The first-order chi connectivity index (χ1) is 13.6. The van der Waals surface area contributed by atoms with Crippen LogP contribution in [0.1, 0.15) is 33.3 Å². The summed E-state index contributed by atoms with van der Waals surface area (Å²) in [6.07, 6.45) is 0. The number of nitrogens with one attached hydrogen (secondary N) is 2. The van der Waals surface area contributed by atoms with E-state index in [1.807, 2.05) is 33.8 Å². The minimum atomic E-state index is -0.317. The molecular weight excluding hydrogens is 479 g/mol. The van der Waals surface area contributed by atoms with E-state index in [-0.39, 0.29) is 18.1 Å². The van der Waals surface area contributed by atoms with E-state index in [9.17, 15) is 4.79 Å². The summed E-state index contributed by atoms with van der Waals surface area (Å²) in [4.78, 5) is 12.0. The van der Waals surface area contributed by atoms with E-state index in [2.05, 4.69) is 26.6 Å². The number of hydrogen-bond donors (Lipinski definition) is 2. The molecule has 0 aliphatic carbocycles. The van der Waals surface area contributed by atoms with Gasteiger partial charge in [0.15, 0.2) is 18.1 Å². The summed E-state index contributed by atoms with van der Waals surface area (Å²) >= 11 is 15.7. The molecule has 29 heavy (non-hydrogen) atoms. The summed E-state index contributed by atoms with van der Waals surface area (Å²) in [6.45, 7) is 8.55. The number of amides is 1. The van der Waals surface area contributed by atoms with Crippen LogP contribution in [0.15, 0.2) is 34.8 Å². The molecule has 8 heteroatoms. The second-order valence-electron chi connectivity index (χ2n) is 7.42. The van der Waals surface area contributed by atoms with Crippen LogP contribution >= 0.6 is 39.1 Å². The van der Waals surface area contributed by atoms with Gasteiger partial charge in [-0.2, -0.15) is 0 Å². The molecule has 2 aromatic carbocycles. The molecule has 0 atom stereocenters. The first kappa shape index (κ1) is 23.6. The maximum absolute atomic E-state index is 12.0. The smallest absolute Gasteiger partial charge is 0.258 e. The maximum Gasteiger partial charge on any atom is 0.258 e. The van der Waals surface area contributed by atoms with E-state index in [1.54, 1.807) is 24.3 Å². The maximum atomic E-state index is 12.0. The minimum absolute atomic E-state index is 0.0948. The first-order valence-corrected chi connectivity index (χ1v) is 10.7. The lowest BCUT2D eigenvalue weighted by Crippen LogP contribution is -2.43. The van der Waals surface area contributed by atoms with Crippen LogP contribution in [0.4, 0.5) is 5.69 Å². The second kappa shape index (κ2) is 10.4. The monoisotopic (exact) mass is 502 g/mol. The topological polar surface area (TPSA) is 59.6 Å². The number of anilines is 1. The van der Waals surface area contributed by atoms with Gasteiger partial charge in [-0.1, -0.05) is 39.1 Å². The van der Waals surface area contributed by atoms with Crippen molar-refractivity contribution in [3.8, 4) is 11.5 Å². The highest BCUT2D eigenvalue weighted by atomic mass is 79.9. The summed E-state index contributed by atoms with van der Waals surface area (Å²) < 4.78 is 12.2. The van der Waals surface area contributed by atoms with Crippen molar-refractivity contribution in [3.05, 3.63) is 50.4 Å². The van der Waals surface area contributed by atoms with Gasteiger partial charge in [-0.3, -0.25) is 4.79 Å². The second-order valence-corrected chi connectivity index (χ2v) is 9.15. The van der Waals surface area contributed by atoms with Gasteiger partial charge in [-0.15, -0.1) is 0 Å². The van der Waals surface area contributed by atoms with Crippen molar-refractivity contribution >= 4 is 50.7 Å². The van der Waals surface area contributed by atoms with E-state index in [0.717, 1.165) is 15.7 Å². The number of hydrogen-bond acceptors (Lipinski definition) is 4. The van der Waals surface area contributed by atoms with Crippen LogP contribution < -0.4 is 20.1 Å². The lowest BCUT2D eigenvalue weighted by atomic mass is 10.1. The molecule has 1 amide bonds. The molecule has 2 aromatic rings. The van der Waals surface area contributed by atoms with Crippen LogP contribution in [0.2, 0.25) is 10.0 Å². The summed E-state index contributed by atoms with van der Waals surface area (Å²) in [7, 11) is 0. The standard InChI is InChI=1S/C21H25BrCl2N2O3/c1-5-28-18-6-13(11-25-16-8-14(23)7-15(24)9-16)17(22)10-19(18)29-12-20(27)26-21(2,3)4/h6-10,25H,5,11-12H2,1-4H3,(H,26,27). The van der Waals surface area contributed by atoms with E-state index in [0.29, 0.717) is 34.7 Å². The van der Waals surface area contributed by atoms with Crippen molar-refractivity contribution in [2.24, 2.45) is 0 Å². The highest BCUT2D eigenvalue weighted by Gasteiger charge is 2.16. The molecule has 0 aromatic heterocycles. The first-order valence-electron chi connectivity index (χ1n) is 9.16. The van der Waals surface area contributed by atoms with Crippen molar-refractivity contribution in [2.45, 2.75) is 39.8 Å². The van der Waals surface area contributed by atoms with E-state index in [4.69, 9.17) is 32.7 Å². The predicted octanol–water partition coefficient (Wildman–Crippen LogP) is 6.06. The van der Waals surface area contributed by atoms with E-state index in [1.165, 1.54) is 0 Å². The largest absolute Gasteiger partial charge is 0.490 e. The highest BCUT2D eigenvalue weighted by molar-refractivity contribution is 9.10. The van der Waals surface area contributed by atoms with Gasteiger partial charge in [0.2, 0.25) is 0 Å². The van der Waals surface area contributed by atoms with Gasteiger partial charge >= 0.3 is 0 Å². The summed E-state index contributed by atoms with van der Waals surface area (Å²) in [5.74, 6) is 0.872. The molecule has 0 aliphatic heterocycles. The molecule has 158 valence electrons. The highest BCUT2D eigenvalue weighted by Crippen LogP contribution is 2.34. The molecule has 5 nitrogen and oxygen atoms in total. The Morgan fingerprint density at radius 1 is 1.03 bits per heavy atom. The molecule has 2 N–H and O–H groups in total. The molecular formula is C21H25BrCl2N2O3. The van der Waals surface area contributed by atoms with Gasteiger partial charge in [0, 0.05) is 32.3 Å². The molecule has 0 saturated heterocycles. The van der Waals surface area contributed by atoms with Gasteiger partial charge in [-0.05, 0) is 63.6 Å². The number of rotatable bonds is 8. The normalized spacial score (nSPS) is 11.1. The van der Waals surface area contributed by atoms with E-state index < -0.39 is 0 Å². The lowest BCUT2D eigenvalue weighted by molar-refractivity contribution is -0.124. The molecule has 2 rings (SSSR count). The molecule has 0 saturated carbocycles. The average Bonchev–Trinajstić information content (AvgIpc) is 2.58. The number of carbonyl (C=O) groups is 1. The molecule has 0 radical (unpaired) electrons. The van der Waals surface area contributed by atoms with Gasteiger partial charge in [-0.25, -0.2) is 0 Å². The zero-order chi connectivity index (χ0) is 21.6. The fourth-order valence-electron chi connectivity index (χ4n) is 2.54. The van der Waals surface area contributed by atoms with Crippen LogP contribution in [0.3, 0.4) is 0 Å². The third-order valence-corrected chi connectivity index (χ3v) is 4.81. The van der Waals surface area contributed by atoms with Crippen LogP contribution in [0, 0.1) is 0 Å². The molecule has 0 spiro atoms. The number of ether oxygens (including phenoxy) is 2. The Labute approximate surface area is 190 Å². The zero-order valence-electron chi connectivity index (χ0n) is 16.9. The Morgan fingerprint density at radius 2 is 1.66 bits per heavy atom. The number of halogens is 3. The SMILES string of the molecule is CCOc1cc(CNc2cc(Cl)cc(Cl)c2)c(Br)cc1OCC(=O)NC(C)(C)C. The third kappa shape index (κ3) is 7.96. The van der Waals surface area contributed by atoms with Gasteiger partial charge in [0.25, 0.3) is 5.91 Å². The van der Waals surface area contributed by atoms with Crippen molar-refractivity contribution in [2.75, 3.05) is 18.5 Å². The fourth-order valence-corrected chi connectivity index (χ4v) is 3.53. The quantitative estimate of drug-likeness (QED) is 0.459. The van der Waals surface area contributed by atoms with Crippen molar-refractivity contribution < 1.29 is 14.3 Å². The van der Waals surface area contributed by atoms with Crippen LogP contribution in [-0.4, -0.2) is 24.7 Å². The van der Waals surface area contributed by atoms with Crippen LogP contribution in [0.25, 0.3) is 0 Å². The third-order valence-electron chi connectivity index (χ3n) is 3.63. The number of benzene rings is 2. The summed E-state index contributed by atoms with van der Waals surface area (Å²) in [5.41, 5.74) is 1.45. The zero-order valence-corrected chi connectivity index (χ0v) is 20.0. The van der Waals surface area contributed by atoms with Gasteiger partial charge in [0.1, 0.15) is 0 Å². The Morgan fingerprint density at radius 3 is 2.24 bits per heavy atom. The van der Waals surface area contributed by atoms with Crippen LogP contribution in [0.5, 0.6) is 11.5 Å². The molecule has 0 heterocycles. The van der Waals surface area contributed by atoms with Gasteiger partial charge < -0.3 is 20.1 Å².